The van der Waals surface area contributed by atoms with Crippen molar-refractivity contribution < 1.29 is 28.8 Å². The Bertz CT molecular complexity index is 798. The first kappa shape index (κ1) is 13.8. The van der Waals surface area contributed by atoms with E-state index >= 15 is 0 Å². The van der Waals surface area contributed by atoms with E-state index in [1.165, 1.54) is 7.11 Å². The topological polar surface area (TPSA) is 74.2 Å². The van der Waals surface area contributed by atoms with E-state index in [2.05, 4.69) is 0 Å². The first-order valence-corrected chi connectivity index (χ1v) is 7.16. The molecular formula is C17H14O6. The summed E-state index contributed by atoms with van der Waals surface area (Å²) in [5.74, 6) is 1.82. The fourth-order valence-electron chi connectivity index (χ4n) is 2.84. The Morgan fingerprint density at radius 3 is 2.87 bits per heavy atom. The third-order valence-corrected chi connectivity index (χ3v) is 3.98. The van der Waals surface area contributed by atoms with Crippen LogP contribution in [0, 0.1) is 0 Å². The standard InChI is InChI=1S/C17H14O6/c1-20-12-4-2-9(6-11(12)18)7-14-15(19)10-3-5-13-17(16(10)23-14)22-8-21-13/h2-6,14,18H,7-8H2,1H3. The monoisotopic (exact) mass is 314 g/mol. The van der Waals surface area contributed by atoms with Crippen molar-refractivity contribution in [2.75, 3.05) is 13.9 Å². The van der Waals surface area contributed by atoms with Crippen molar-refractivity contribution in [2.45, 2.75) is 12.5 Å². The highest BCUT2D eigenvalue weighted by Crippen LogP contribution is 2.47. The second-order valence-corrected chi connectivity index (χ2v) is 5.36. The van der Waals surface area contributed by atoms with Crippen molar-refractivity contribution in [3.8, 4) is 28.7 Å². The van der Waals surface area contributed by atoms with Gasteiger partial charge in [-0.1, -0.05) is 6.07 Å². The van der Waals surface area contributed by atoms with E-state index < -0.39 is 6.10 Å². The second kappa shape index (κ2) is 5.08. The molecule has 0 fully saturated rings. The lowest BCUT2D eigenvalue weighted by atomic mass is 10.0. The van der Waals surface area contributed by atoms with Gasteiger partial charge in [-0.2, -0.15) is 0 Å². The highest BCUT2D eigenvalue weighted by atomic mass is 16.7. The minimum Gasteiger partial charge on any atom is -0.504 e. The molecule has 4 rings (SSSR count). The molecule has 0 aromatic heterocycles. The average molecular weight is 314 g/mol. The molecule has 1 unspecified atom stereocenters. The summed E-state index contributed by atoms with van der Waals surface area (Å²) in [6.45, 7) is 0.125. The molecule has 23 heavy (non-hydrogen) atoms. The molecule has 0 spiro atoms. The molecule has 2 aromatic carbocycles. The molecule has 2 aliphatic heterocycles. The molecule has 0 radical (unpaired) electrons. The van der Waals surface area contributed by atoms with Gasteiger partial charge in [0.15, 0.2) is 29.1 Å². The van der Waals surface area contributed by atoms with Gasteiger partial charge in [-0.05, 0) is 29.8 Å². The van der Waals surface area contributed by atoms with E-state index in [0.717, 1.165) is 5.56 Å². The molecule has 2 aromatic rings. The van der Waals surface area contributed by atoms with Crippen molar-refractivity contribution in [1.29, 1.82) is 0 Å². The maximum absolute atomic E-state index is 12.5. The largest absolute Gasteiger partial charge is 0.504 e. The number of fused-ring (bicyclic) bond motifs is 3. The maximum Gasteiger partial charge on any atom is 0.231 e. The van der Waals surface area contributed by atoms with Crippen LogP contribution in [0.4, 0.5) is 0 Å². The van der Waals surface area contributed by atoms with Gasteiger partial charge in [-0.25, -0.2) is 0 Å². The van der Waals surface area contributed by atoms with E-state index in [9.17, 15) is 9.90 Å². The van der Waals surface area contributed by atoms with Crippen LogP contribution in [-0.4, -0.2) is 30.9 Å². The van der Waals surface area contributed by atoms with E-state index in [1.807, 2.05) is 0 Å². The predicted octanol–water partition coefficient (Wildman–Crippen LogP) is 2.32. The van der Waals surface area contributed by atoms with Crippen LogP contribution < -0.4 is 18.9 Å². The van der Waals surface area contributed by atoms with Crippen LogP contribution in [0.3, 0.4) is 0 Å². The molecule has 0 saturated heterocycles. The van der Waals surface area contributed by atoms with Crippen molar-refractivity contribution in [3.05, 3.63) is 41.5 Å². The van der Waals surface area contributed by atoms with Crippen LogP contribution in [0.25, 0.3) is 0 Å². The summed E-state index contributed by atoms with van der Waals surface area (Å²) in [6, 6.07) is 8.43. The molecular weight excluding hydrogens is 300 g/mol. The molecule has 0 aliphatic carbocycles. The Balaban J connectivity index is 1.60. The Labute approximate surface area is 132 Å². The zero-order valence-electron chi connectivity index (χ0n) is 12.4. The molecule has 1 atom stereocenters. The Kier molecular flexibility index (Phi) is 3.04. The van der Waals surface area contributed by atoms with Crippen LogP contribution >= 0.6 is 0 Å². The second-order valence-electron chi connectivity index (χ2n) is 5.36. The number of Topliss-reactive ketones (excluding diaryl/α,β-unsaturated/α-hetero) is 1. The zero-order valence-corrected chi connectivity index (χ0v) is 12.4. The first-order chi connectivity index (χ1) is 11.2. The number of rotatable bonds is 3. The number of phenols is 1. The van der Waals surface area contributed by atoms with Crippen molar-refractivity contribution in [3.63, 3.8) is 0 Å². The smallest absolute Gasteiger partial charge is 0.231 e. The van der Waals surface area contributed by atoms with Gasteiger partial charge in [0.25, 0.3) is 0 Å². The first-order valence-electron chi connectivity index (χ1n) is 7.16. The van der Waals surface area contributed by atoms with Crippen molar-refractivity contribution in [1.82, 2.24) is 0 Å². The van der Waals surface area contributed by atoms with Gasteiger partial charge in [0.1, 0.15) is 0 Å². The number of hydrogen-bond donors (Lipinski definition) is 1. The maximum atomic E-state index is 12.5. The molecule has 0 bridgehead atoms. The highest BCUT2D eigenvalue weighted by Gasteiger charge is 2.37. The summed E-state index contributed by atoms with van der Waals surface area (Å²) in [4.78, 5) is 12.5. The number of benzene rings is 2. The van der Waals surface area contributed by atoms with Crippen LogP contribution in [0.5, 0.6) is 28.7 Å². The van der Waals surface area contributed by atoms with Crippen LogP contribution in [0.1, 0.15) is 15.9 Å². The van der Waals surface area contributed by atoms with Crippen molar-refractivity contribution in [2.24, 2.45) is 0 Å². The lowest BCUT2D eigenvalue weighted by Gasteiger charge is -2.11. The average Bonchev–Trinajstić information content (AvgIpc) is 3.13. The molecule has 2 aliphatic rings. The summed E-state index contributed by atoms with van der Waals surface area (Å²) in [7, 11) is 1.48. The summed E-state index contributed by atoms with van der Waals surface area (Å²) in [5, 5.41) is 9.84. The van der Waals surface area contributed by atoms with Crippen LogP contribution in [0.15, 0.2) is 30.3 Å². The predicted molar refractivity (Wildman–Crippen MR) is 79.7 cm³/mol. The Morgan fingerprint density at radius 1 is 1.22 bits per heavy atom. The van der Waals surface area contributed by atoms with Gasteiger partial charge >= 0.3 is 0 Å². The number of aromatic hydroxyl groups is 1. The van der Waals surface area contributed by atoms with Crippen LogP contribution in [0.2, 0.25) is 0 Å². The summed E-state index contributed by atoms with van der Waals surface area (Å²) >= 11 is 0. The lowest BCUT2D eigenvalue weighted by Crippen LogP contribution is -2.23. The molecule has 1 N–H and O–H groups in total. The van der Waals surface area contributed by atoms with E-state index in [1.54, 1.807) is 30.3 Å². The lowest BCUT2D eigenvalue weighted by molar-refractivity contribution is 0.0854. The summed E-state index contributed by atoms with van der Waals surface area (Å²) in [6.07, 6.45) is -0.297. The van der Waals surface area contributed by atoms with Gasteiger partial charge in [0, 0.05) is 6.42 Å². The number of methoxy groups -OCH3 is 1. The fraction of sp³-hybridized carbons (Fsp3) is 0.235. The minimum absolute atomic E-state index is 0.0329. The number of hydrogen-bond acceptors (Lipinski definition) is 6. The Hall–Kier alpha value is -2.89. The summed E-state index contributed by atoms with van der Waals surface area (Å²) in [5.41, 5.74) is 1.28. The fourth-order valence-corrected chi connectivity index (χ4v) is 2.84. The third kappa shape index (κ3) is 2.14. The highest BCUT2D eigenvalue weighted by molar-refractivity contribution is 6.06. The molecule has 118 valence electrons. The van der Waals surface area contributed by atoms with Gasteiger partial charge < -0.3 is 24.1 Å². The molecule has 6 nitrogen and oxygen atoms in total. The van der Waals surface area contributed by atoms with Crippen molar-refractivity contribution >= 4 is 5.78 Å². The van der Waals surface area contributed by atoms with Crippen LogP contribution in [-0.2, 0) is 6.42 Å². The normalized spacial score (nSPS) is 17.8. The summed E-state index contributed by atoms with van der Waals surface area (Å²) < 4.78 is 21.5. The number of ether oxygens (including phenoxy) is 4. The Morgan fingerprint density at radius 2 is 2.09 bits per heavy atom. The molecule has 0 saturated carbocycles. The van der Waals surface area contributed by atoms with E-state index in [-0.39, 0.29) is 18.3 Å². The number of phenolic OH excluding ortho intramolecular Hbond substituents is 1. The number of carbonyl (C=O) groups is 1. The van der Waals surface area contributed by atoms with E-state index in [4.69, 9.17) is 18.9 Å². The third-order valence-electron chi connectivity index (χ3n) is 3.98. The van der Waals surface area contributed by atoms with Gasteiger partial charge in [-0.15, -0.1) is 0 Å². The quantitative estimate of drug-likeness (QED) is 0.937. The van der Waals surface area contributed by atoms with Gasteiger partial charge in [0.2, 0.25) is 18.3 Å². The van der Waals surface area contributed by atoms with E-state index in [0.29, 0.717) is 35.0 Å². The van der Waals surface area contributed by atoms with Gasteiger partial charge in [0.05, 0.1) is 12.7 Å². The minimum atomic E-state index is -0.645. The molecule has 6 heteroatoms. The SMILES string of the molecule is COc1ccc(CC2Oc3c(ccc4c3OCO4)C2=O)cc1O. The zero-order chi connectivity index (χ0) is 16.0. The molecule has 0 amide bonds. The van der Waals surface area contributed by atoms with Gasteiger partial charge in [-0.3, -0.25) is 4.79 Å². The molecule has 2 heterocycles. The number of ketones is 1. The number of carbonyl (C=O) groups excluding carboxylic acids is 1.